The van der Waals surface area contributed by atoms with Gasteiger partial charge in [-0.25, -0.2) is 17.5 Å². The summed E-state index contributed by atoms with van der Waals surface area (Å²) in [5.74, 6) is 0.514. The fourth-order valence-electron chi connectivity index (χ4n) is 3.45. The Labute approximate surface area is 158 Å². The van der Waals surface area contributed by atoms with Crippen LogP contribution in [-0.4, -0.2) is 68.4 Å². The van der Waals surface area contributed by atoms with E-state index in [0.29, 0.717) is 38.0 Å². The lowest BCUT2D eigenvalue weighted by atomic mass is 10.1. The third-order valence-electron chi connectivity index (χ3n) is 4.71. The Kier molecular flexibility index (Phi) is 6.21. The van der Waals surface area contributed by atoms with Crippen LogP contribution in [0.4, 0.5) is 4.39 Å². The molecule has 2 saturated heterocycles. The quantitative estimate of drug-likeness (QED) is 0.808. The number of amides is 1. The Hall–Kier alpha value is -1.16. The number of hydrogen-bond donors (Lipinski definition) is 1. The molecule has 2 fully saturated rings. The van der Waals surface area contributed by atoms with Crippen LogP contribution in [0.15, 0.2) is 24.3 Å². The standard InChI is InChI=1S/C17H24FN3O3S2/c1-26(23,24)19-13-6-8-20(9-7-13)12-16(22)21-10-11-25-17(21)14-4-2-3-5-15(14)18/h2-5,13,17,19H,6-12H2,1H3/t17-/m1/s1. The molecular formula is C17H24FN3O3S2. The van der Waals surface area contributed by atoms with Crippen LogP contribution in [0.3, 0.4) is 0 Å². The number of sulfonamides is 1. The van der Waals surface area contributed by atoms with Gasteiger partial charge >= 0.3 is 0 Å². The molecule has 0 saturated carbocycles. The van der Waals surface area contributed by atoms with Crippen molar-refractivity contribution in [3.8, 4) is 0 Å². The van der Waals surface area contributed by atoms with Gasteiger partial charge in [0.15, 0.2) is 0 Å². The van der Waals surface area contributed by atoms with E-state index in [2.05, 4.69) is 4.72 Å². The number of thioether (sulfide) groups is 1. The second kappa shape index (κ2) is 8.24. The van der Waals surface area contributed by atoms with Gasteiger partial charge in [0.25, 0.3) is 0 Å². The van der Waals surface area contributed by atoms with Crippen molar-refractivity contribution in [3.63, 3.8) is 0 Å². The zero-order valence-electron chi connectivity index (χ0n) is 14.7. The Bertz CT molecular complexity index is 751. The highest BCUT2D eigenvalue weighted by Crippen LogP contribution is 2.39. The first-order valence-corrected chi connectivity index (χ1v) is 11.6. The Morgan fingerprint density at radius 1 is 1.27 bits per heavy atom. The molecule has 2 aliphatic rings. The van der Waals surface area contributed by atoms with Gasteiger partial charge in [-0.15, -0.1) is 11.8 Å². The van der Waals surface area contributed by atoms with Crippen molar-refractivity contribution in [1.82, 2.24) is 14.5 Å². The molecule has 1 aromatic carbocycles. The largest absolute Gasteiger partial charge is 0.325 e. The van der Waals surface area contributed by atoms with Gasteiger partial charge in [-0.3, -0.25) is 9.69 Å². The van der Waals surface area contributed by atoms with E-state index >= 15 is 0 Å². The molecule has 0 radical (unpaired) electrons. The minimum absolute atomic E-state index is 0.00206. The minimum Gasteiger partial charge on any atom is -0.325 e. The van der Waals surface area contributed by atoms with Gasteiger partial charge in [-0.1, -0.05) is 18.2 Å². The van der Waals surface area contributed by atoms with Crippen molar-refractivity contribution >= 4 is 27.7 Å². The number of nitrogens with zero attached hydrogens (tertiary/aromatic N) is 2. The lowest BCUT2D eigenvalue weighted by Crippen LogP contribution is -2.47. The average Bonchev–Trinajstić information content (AvgIpc) is 3.05. The second-order valence-corrected chi connectivity index (χ2v) is 9.74. The predicted octanol–water partition coefficient (Wildman–Crippen LogP) is 1.41. The summed E-state index contributed by atoms with van der Waals surface area (Å²) in [6.07, 6.45) is 2.54. The topological polar surface area (TPSA) is 69.7 Å². The molecule has 26 heavy (non-hydrogen) atoms. The molecule has 0 aliphatic carbocycles. The van der Waals surface area contributed by atoms with Gasteiger partial charge in [-0.05, 0) is 18.9 Å². The first-order chi connectivity index (χ1) is 12.3. The molecule has 0 bridgehead atoms. The molecule has 6 nitrogen and oxygen atoms in total. The summed E-state index contributed by atoms with van der Waals surface area (Å²) in [5, 5.41) is -0.270. The van der Waals surface area contributed by atoms with Crippen LogP contribution in [0.25, 0.3) is 0 Å². The maximum Gasteiger partial charge on any atom is 0.237 e. The van der Waals surface area contributed by atoms with Crippen LogP contribution in [0.2, 0.25) is 0 Å². The van der Waals surface area contributed by atoms with E-state index in [1.807, 2.05) is 4.90 Å². The Morgan fingerprint density at radius 2 is 1.96 bits per heavy atom. The molecule has 1 aromatic rings. The van der Waals surface area contributed by atoms with Crippen molar-refractivity contribution in [2.45, 2.75) is 24.3 Å². The number of rotatable bonds is 5. The number of likely N-dealkylation sites (tertiary alicyclic amines) is 1. The number of nitrogens with one attached hydrogen (secondary N) is 1. The number of halogens is 1. The van der Waals surface area contributed by atoms with Crippen molar-refractivity contribution in [1.29, 1.82) is 0 Å². The molecule has 3 rings (SSSR count). The number of carbonyl (C=O) groups excluding carboxylic acids is 1. The third-order valence-corrected chi connectivity index (χ3v) is 6.71. The highest BCUT2D eigenvalue weighted by atomic mass is 32.2. The van der Waals surface area contributed by atoms with Gasteiger partial charge in [0.2, 0.25) is 15.9 Å². The maximum absolute atomic E-state index is 14.1. The minimum atomic E-state index is -3.20. The number of piperidine rings is 1. The van der Waals surface area contributed by atoms with Gasteiger partial charge in [-0.2, -0.15) is 0 Å². The first kappa shape index (κ1) is 19.6. The number of benzene rings is 1. The number of hydrogen-bond acceptors (Lipinski definition) is 5. The van der Waals surface area contributed by atoms with Crippen LogP contribution in [0.1, 0.15) is 23.8 Å². The number of carbonyl (C=O) groups is 1. The summed E-state index contributed by atoms with van der Waals surface area (Å²) in [4.78, 5) is 16.6. The fraction of sp³-hybridized carbons (Fsp3) is 0.588. The van der Waals surface area contributed by atoms with Crippen molar-refractivity contribution in [3.05, 3.63) is 35.6 Å². The molecule has 144 valence electrons. The highest BCUT2D eigenvalue weighted by molar-refractivity contribution is 7.99. The smallest absolute Gasteiger partial charge is 0.237 e. The molecule has 1 amide bonds. The van der Waals surface area contributed by atoms with E-state index in [0.717, 1.165) is 12.0 Å². The molecule has 0 spiro atoms. The molecule has 2 aliphatic heterocycles. The molecule has 1 N–H and O–H groups in total. The normalized spacial score (nSPS) is 22.7. The molecular weight excluding hydrogens is 377 g/mol. The van der Waals surface area contributed by atoms with Crippen LogP contribution < -0.4 is 4.72 Å². The third kappa shape index (κ3) is 4.97. The summed E-state index contributed by atoms with van der Waals surface area (Å²) in [6, 6.07) is 6.54. The Balaban J connectivity index is 1.56. The molecule has 1 atom stereocenters. The fourth-order valence-corrected chi connectivity index (χ4v) is 5.59. The Morgan fingerprint density at radius 3 is 2.62 bits per heavy atom. The SMILES string of the molecule is CS(=O)(=O)NC1CCN(CC(=O)N2CCS[C@@H]2c2ccccc2F)CC1. The second-order valence-electron chi connectivity index (χ2n) is 6.77. The van der Waals surface area contributed by atoms with E-state index in [-0.39, 0.29) is 29.7 Å². The van der Waals surface area contributed by atoms with Gasteiger partial charge in [0.1, 0.15) is 11.2 Å². The van der Waals surface area contributed by atoms with E-state index < -0.39 is 10.0 Å². The van der Waals surface area contributed by atoms with E-state index in [1.165, 1.54) is 6.07 Å². The molecule has 9 heteroatoms. The maximum atomic E-state index is 14.1. The first-order valence-electron chi connectivity index (χ1n) is 8.68. The summed E-state index contributed by atoms with van der Waals surface area (Å²) in [6.45, 7) is 2.25. The van der Waals surface area contributed by atoms with Crippen molar-refractivity contribution in [2.24, 2.45) is 0 Å². The zero-order chi connectivity index (χ0) is 18.7. The summed E-state index contributed by atoms with van der Waals surface area (Å²) < 4.78 is 39.3. The lowest BCUT2D eigenvalue weighted by molar-refractivity contribution is -0.132. The highest BCUT2D eigenvalue weighted by Gasteiger charge is 2.33. The van der Waals surface area contributed by atoms with Gasteiger partial charge in [0, 0.05) is 37.0 Å². The van der Waals surface area contributed by atoms with E-state index in [1.54, 1.807) is 34.9 Å². The summed E-state index contributed by atoms with van der Waals surface area (Å²) in [7, 11) is -3.20. The van der Waals surface area contributed by atoms with Crippen LogP contribution in [-0.2, 0) is 14.8 Å². The molecule has 0 aromatic heterocycles. The van der Waals surface area contributed by atoms with E-state index in [9.17, 15) is 17.6 Å². The lowest BCUT2D eigenvalue weighted by Gasteiger charge is -2.33. The molecule has 2 heterocycles. The van der Waals surface area contributed by atoms with Crippen LogP contribution in [0.5, 0.6) is 0 Å². The zero-order valence-corrected chi connectivity index (χ0v) is 16.4. The van der Waals surface area contributed by atoms with Crippen molar-refractivity contribution < 1.29 is 17.6 Å². The van der Waals surface area contributed by atoms with Crippen LogP contribution >= 0.6 is 11.8 Å². The van der Waals surface area contributed by atoms with Gasteiger partial charge in [0.05, 0.1) is 12.8 Å². The van der Waals surface area contributed by atoms with Crippen molar-refractivity contribution in [2.75, 3.05) is 38.2 Å². The van der Waals surface area contributed by atoms with E-state index in [4.69, 9.17) is 0 Å². The monoisotopic (exact) mass is 401 g/mol. The van der Waals surface area contributed by atoms with Gasteiger partial charge < -0.3 is 4.90 Å². The predicted molar refractivity (Wildman–Crippen MR) is 101 cm³/mol. The summed E-state index contributed by atoms with van der Waals surface area (Å²) >= 11 is 1.58. The molecule has 0 unspecified atom stereocenters. The summed E-state index contributed by atoms with van der Waals surface area (Å²) in [5.41, 5.74) is 0.555. The average molecular weight is 402 g/mol. The van der Waals surface area contributed by atoms with Crippen LogP contribution in [0, 0.1) is 5.82 Å².